The molecule has 1 aromatic rings. The van der Waals surface area contributed by atoms with Crippen LogP contribution in [0.5, 0.6) is 0 Å². The van der Waals surface area contributed by atoms with E-state index in [-0.39, 0.29) is 10.8 Å². The first-order valence-corrected chi connectivity index (χ1v) is 11.9. The van der Waals surface area contributed by atoms with E-state index in [4.69, 9.17) is 0 Å². The van der Waals surface area contributed by atoms with Crippen LogP contribution < -0.4 is 10.2 Å². The number of benzene rings is 1. The number of carbonyl (C=O) groups excluding carboxylic acids is 1. The molecule has 2 fully saturated rings. The highest BCUT2D eigenvalue weighted by molar-refractivity contribution is 7.89. The van der Waals surface area contributed by atoms with Gasteiger partial charge in [-0.25, -0.2) is 8.42 Å². The van der Waals surface area contributed by atoms with Gasteiger partial charge in [0.05, 0.1) is 18.0 Å². The van der Waals surface area contributed by atoms with Crippen molar-refractivity contribution in [1.82, 2.24) is 4.31 Å². The second-order valence-corrected chi connectivity index (χ2v) is 10.7. The van der Waals surface area contributed by atoms with Gasteiger partial charge in [-0.15, -0.1) is 0 Å². The molecule has 0 aromatic heterocycles. The molecule has 2 heterocycles. The number of quaternary nitrogens is 1. The number of hydrogen-bond donors (Lipinski definition) is 2. The van der Waals surface area contributed by atoms with Crippen molar-refractivity contribution in [2.75, 3.05) is 38.0 Å². The lowest BCUT2D eigenvalue weighted by atomic mass is 9.92. The van der Waals surface area contributed by atoms with E-state index in [1.54, 1.807) is 22.5 Å². The Kier molecular flexibility index (Phi) is 6.78. The lowest BCUT2D eigenvalue weighted by molar-refractivity contribution is -0.904. The Bertz CT molecular complexity index is 793. The van der Waals surface area contributed by atoms with Gasteiger partial charge < -0.3 is 10.2 Å². The number of rotatable bonds is 5. The Labute approximate surface area is 169 Å². The molecule has 2 aliphatic rings. The number of nitrogens with one attached hydrogen (secondary N) is 2. The maximum absolute atomic E-state index is 12.9. The number of hydrogen-bond acceptors (Lipinski definition) is 3. The normalized spacial score (nSPS) is 26.8. The molecule has 0 aliphatic carbocycles. The lowest BCUT2D eigenvalue weighted by Crippen LogP contribution is -3.15. The van der Waals surface area contributed by atoms with Gasteiger partial charge in [-0.3, -0.25) is 4.79 Å². The average molecular weight is 409 g/mol. The molecule has 0 unspecified atom stereocenters. The number of anilines is 1. The van der Waals surface area contributed by atoms with E-state index in [0.717, 1.165) is 37.9 Å². The fraction of sp³-hybridized carbons (Fsp3) is 0.667. The fourth-order valence-electron chi connectivity index (χ4n) is 4.64. The van der Waals surface area contributed by atoms with Crippen LogP contribution in [0.4, 0.5) is 5.69 Å². The standard InChI is InChI=1S/C21H33N3O3S/c1-16-11-17(2)14-23(13-16)15-21(25)22-20-12-19(8-7-18(20)3)28(26,27)24-9-5-4-6-10-24/h7-8,12,16-17H,4-6,9-11,13-15H2,1-3H3,(H,22,25)/p+1/t16-,17-/m0/s1. The first-order chi connectivity index (χ1) is 13.3. The molecular weight excluding hydrogens is 374 g/mol. The molecule has 0 spiro atoms. The number of aryl methyl sites for hydroxylation is 1. The zero-order valence-electron chi connectivity index (χ0n) is 17.3. The van der Waals surface area contributed by atoms with Crippen molar-refractivity contribution in [3.8, 4) is 0 Å². The third kappa shape index (κ3) is 5.13. The Balaban J connectivity index is 1.70. The molecular formula is C21H34N3O3S+. The summed E-state index contributed by atoms with van der Waals surface area (Å²) in [4.78, 5) is 14.2. The molecule has 3 rings (SSSR count). The third-order valence-corrected chi connectivity index (χ3v) is 7.82. The molecule has 2 saturated heterocycles. The molecule has 2 N–H and O–H groups in total. The van der Waals surface area contributed by atoms with Gasteiger partial charge in [0.25, 0.3) is 5.91 Å². The third-order valence-electron chi connectivity index (χ3n) is 5.93. The van der Waals surface area contributed by atoms with Gasteiger partial charge in [-0.2, -0.15) is 4.31 Å². The summed E-state index contributed by atoms with van der Waals surface area (Å²) in [5.41, 5.74) is 1.47. The largest absolute Gasteiger partial charge is 0.327 e. The molecule has 156 valence electrons. The van der Waals surface area contributed by atoms with Gasteiger partial charge >= 0.3 is 0 Å². The molecule has 0 saturated carbocycles. The van der Waals surface area contributed by atoms with Gasteiger partial charge in [0.1, 0.15) is 0 Å². The fourth-order valence-corrected chi connectivity index (χ4v) is 6.18. The second-order valence-electron chi connectivity index (χ2n) is 8.77. The highest BCUT2D eigenvalue weighted by atomic mass is 32.2. The number of amides is 1. The van der Waals surface area contributed by atoms with Crippen LogP contribution in [0.2, 0.25) is 0 Å². The highest BCUT2D eigenvalue weighted by Gasteiger charge is 2.28. The maximum atomic E-state index is 12.9. The minimum absolute atomic E-state index is 0.0491. The summed E-state index contributed by atoms with van der Waals surface area (Å²) in [6.07, 6.45) is 4.12. The monoisotopic (exact) mass is 408 g/mol. The van der Waals surface area contributed by atoms with Gasteiger partial charge in [-0.05, 0) is 43.9 Å². The van der Waals surface area contributed by atoms with Crippen LogP contribution in [-0.2, 0) is 14.8 Å². The Morgan fingerprint density at radius 1 is 1.14 bits per heavy atom. The summed E-state index contributed by atoms with van der Waals surface area (Å²) >= 11 is 0. The minimum Gasteiger partial charge on any atom is -0.327 e. The van der Waals surface area contributed by atoms with Crippen molar-refractivity contribution in [2.45, 2.75) is 51.3 Å². The molecule has 7 heteroatoms. The summed E-state index contributed by atoms with van der Waals surface area (Å²) in [5, 5.41) is 2.96. The van der Waals surface area contributed by atoms with E-state index in [2.05, 4.69) is 19.2 Å². The predicted molar refractivity (Wildman–Crippen MR) is 111 cm³/mol. The van der Waals surface area contributed by atoms with Crippen molar-refractivity contribution >= 4 is 21.6 Å². The van der Waals surface area contributed by atoms with E-state index in [1.165, 1.54) is 11.3 Å². The van der Waals surface area contributed by atoms with E-state index >= 15 is 0 Å². The van der Waals surface area contributed by atoms with Crippen LogP contribution in [-0.4, -0.2) is 51.4 Å². The summed E-state index contributed by atoms with van der Waals surface area (Å²) in [6.45, 7) is 9.99. The molecule has 0 bridgehead atoms. The van der Waals surface area contributed by atoms with Gasteiger partial charge in [0, 0.05) is 30.6 Å². The van der Waals surface area contributed by atoms with Crippen molar-refractivity contribution in [3.05, 3.63) is 23.8 Å². The highest BCUT2D eigenvalue weighted by Crippen LogP contribution is 2.25. The Morgan fingerprint density at radius 3 is 2.43 bits per heavy atom. The summed E-state index contributed by atoms with van der Waals surface area (Å²) in [5.74, 6) is 1.21. The molecule has 1 amide bonds. The van der Waals surface area contributed by atoms with Gasteiger partial charge in [0.15, 0.2) is 6.54 Å². The van der Waals surface area contributed by atoms with Gasteiger partial charge in [-0.1, -0.05) is 26.3 Å². The number of piperidine rings is 2. The Morgan fingerprint density at radius 2 is 1.79 bits per heavy atom. The zero-order valence-corrected chi connectivity index (χ0v) is 18.1. The first-order valence-electron chi connectivity index (χ1n) is 10.5. The van der Waals surface area contributed by atoms with Crippen LogP contribution >= 0.6 is 0 Å². The van der Waals surface area contributed by atoms with E-state index in [0.29, 0.717) is 37.2 Å². The number of sulfonamides is 1. The summed E-state index contributed by atoms with van der Waals surface area (Å²) < 4.78 is 27.4. The molecule has 1 aromatic carbocycles. The zero-order chi connectivity index (χ0) is 20.3. The number of likely N-dealkylation sites (tertiary alicyclic amines) is 1. The summed E-state index contributed by atoms with van der Waals surface area (Å²) in [7, 11) is -3.50. The van der Waals surface area contributed by atoms with Crippen LogP contribution in [0, 0.1) is 18.8 Å². The molecule has 28 heavy (non-hydrogen) atoms. The molecule has 2 atom stereocenters. The number of carbonyl (C=O) groups is 1. The van der Waals surface area contributed by atoms with E-state index in [9.17, 15) is 13.2 Å². The van der Waals surface area contributed by atoms with Crippen molar-refractivity contribution in [2.24, 2.45) is 11.8 Å². The quantitative estimate of drug-likeness (QED) is 0.779. The molecule has 6 nitrogen and oxygen atoms in total. The predicted octanol–water partition coefficient (Wildman–Crippen LogP) is 1.67. The lowest BCUT2D eigenvalue weighted by Gasteiger charge is -2.31. The van der Waals surface area contributed by atoms with Crippen LogP contribution in [0.25, 0.3) is 0 Å². The van der Waals surface area contributed by atoms with E-state index < -0.39 is 10.0 Å². The minimum atomic E-state index is -3.50. The molecule has 0 radical (unpaired) electrons. The Hall–Kier alpha value is -1.44. The van der Waals surface area contributed by atoms with Crippen LogP contribution in [0.15, 0.2) is 23.1 Å². The number of nitrogens with zero attached hydrogens (tertiary/aromatic N) is 1. The maximum Gasteiger partial charge on any atom is 0.279 e. The smallest absolute Gasteiger partial charge is 0.279 e. The van der Waals surface area contributed by atoms with E-state index in [1.807, 2.05) is 6.92 Å². The SMILES string of the molecule is Cc1ccc(S(=O)(=O)N2CCCCC2)cc1NC(=O)C[NH+]1C[C@@H](C)C[C@H](C)C1. The first kappa shape index (κ1) is 21.3. The van der Waals surface area contributed by atoms with Crippen molar-refractivity contribution < 1.29 is 18.1 Å². The van der Waals surface area contributed by atoms with Crippen LogP contribution in [0.1, 0.15) is 45.1 Å². The van der Waals surface area contributed by atoms with Crippen molar-refractivity contribution in [1.29, 1.82) is 0 Å². The average Bonchev–Trinajstić information content (AvgIpc) is 2.63. The molecule has 2 aliphatic heterocycles. The van der Waals surface area contributed by atoms with Crippen LogP contribution in [0.3, 0.4) is 0 Å². The topological polar surface area (TPSA) is 70.9 Å². The van der Waals surface area contributed by atoms with Gasteiger partial charge in [0.2, 0.25) is 10.0 Å². The second kappa shape index (κ2) is 8.93. The van der Waals surface area contributed by atoms with Crippen molar-refractivity contribution in [3.63, 3.8) is 0 Å². The summed E-state index contributed by atoms with van der Waals surface area (Å²) in [6, 6.07) is 5.05.